The Hall–Kier alpha value is -1.56. The molecule has 1 aliphatic heterocycles. The van der Waals surface area contributed by atoms with Gasteiger partial charge in [-0.25, -0.2) is 4.79 Å². The van der Waals surface area contributed by atoms with Crippen molar-refractivity contribution in [3.05, 3.63) is 22.8 Å². The molecule has 1 unspecified atom stereocenters. The minimum atomic E-state index is -1.22. The van der Waals surface area contributed by atoms with Gasteiger partial charge in [0.25, 0.3) is 0 Å². The molecule has 0 aromatic heterocycles. The van der Waals surface area contributed by atoms with Crippen LogP contribution in [-0.2, 0) is 14.3 Å². The number of esters is 1. The summed E-state index contributed by atoms with van der Waals surface area (Å²) in [6.07, 6.45) is 0. The molecular formula is C17H22BrNO4. The molecule has 0 N–H and O–H groups in total. The monoisotopic (exact) mass is 383 g/mol. The number of aryl methyl sites for hydroxylation is 2. The second kappa shape index (κ2) is 6.51. The van der Waals surface area contributed by atoms with Crippen LogP contribution in [0.2, 0.25) is 0 Å². The van der Waals surface area contributed by atoms with Crippen LogP contribution in [0.1, 0.15) is 30.5 Å². The highest BCUT2D eigenvalue weighted by molar-refractivity contribution is 9.09. The van der Waals surface area contributed by atoms with E-state index in [1.54, 1.807) is 18.7 Å². The number of alkyl halides is 1. The molecule has 23 heavy (non-hydrogen) atoms. The molecule has 2 rings (SSSR count). The molecule has 0 spiro atoms. The zero-order valence-corrected chi connectivity index (χ0v) is 15.7. The van der Waals surface area contributed by atoms with Gasteiger partial charge in [-0.1, -0.05) is 22.0 Å². The number of hydrogen-bond donors (Lipinski definition) is 0. The minimum Gasteiger partial charge on any atom is -0.471 e. The third-order valence-electron chi connectivity index (χ3n) is 4.13. The zero-order valence-electron chi connectivity index (χ0n) is 14.2. The van der Waals surface area contributed by atoms with Crippen LogP contribution in [0.5, 0.6) is 5.75 Å². The Kier molecular flexibility index (Phi) is 5.04. The predicted molar refractivity (Wildman–Crippen MR) is 92.5 cm³/mol. The molecule has 126 valence electrons. The van der Waals surface area contributed by atoms with Gasteiger partial charge in [0.1, 0.15) is 5.75 Å². The smallest absolute Gasteiger partial charge is 0.352 e. The average molecular weight is 384 g/mol. The van der Waals surface area contributed by atoms with Gasteiger partial charge in [-0.3, -0.25) is 4.79 Å². The Bertz CT molecular complexity index is 658. The molecule has 0 saturated carbocycles. The normalized spacial score (nSPS) is 19.8. The Morgan fingerprint density at radius 3 is 2.57 bits per heavy atom. The summed E-state index contributed by atoms with van der Waals surface area (Å²) in [5, 5.41) is 0.178. The highest BCUT2D eigenvalue weighted by Crippen LogP contribution is 2.43. The Balaban J connectivity index is 2.62. The summed E-state index contributed by atoms with van der Waals surface area (Å²) in [5.41, 5.74) is 2.45. The highest BCUT2D eigenvalue weighted by atomic mass is 79.9. The lowest BCUT2D eigenvalue weighted by Gasteiger charge is -2.41. The topological polar surface area (TPSA) is 55.8 Å². The van der Waals surface area contributed by atoms with E-state index in [0.717, 1.165) is 22.4 Å². The van der Waals surface area contributed by atoms with Gasteiger partial charge in [-0.15, -0.1) is 0 Å². The Morgan fingerprint density at radius 2 is 2.00 bits per heavy atom. The summed E-state index contributed by atoms with van der Waals surface area (Å²) in [6, 6.07) is 2.03. The molecule has 1 heterocycles. The molecule has 1 aromatic carbocycles. The maximum atomic E-state index is 12.4. The number of fused-ring (bicyclic) bond motifs is 1. The van der Waals surface area contributed by atoms with Crippen molar-refractivity contribution in [1.82, 2.24) is 0 Å². The summed E-state index contributed by atoms with van der Waals surface area (Å²) in [4.78, 5) is 26.4. The van der Waals surface area contributed by atoms with Gasteiger partial charge in [-0.05, 0) is 51.3 Å². The molecule has 0 aliphatic carbocycles. The third-order valence-corrected chi connectivity index (χ3v) is 4.61. The first-order valence-corrected chi connectivity index (χ1v) is 8.70. The number of anilines is 1. The molecule has 0 fully saturated rings. The van der Waals surface area contributed by atoms with Crippen LogP contribution < -0.4 is 9.64 Å². The molecule has 0 saturated heterocycles. The van der Waals surface area contributed by atoms with E-state index in [1.165, 1.54) is 0 Å². The molecule has 6 heteroatoms. The first-order chi connectivity index (χ1) is 10.7. The van der Waals surface area contributed by atoms with E-state index in [-0.39, 0.29) is 24.4 Å². The van der Waals surface area contributed by atoms with Gasteiger partial charge in [0.15, 0.2) is 0 Å². The molecule has 1 aliphatic rings. The average Bonchev–Trinajstić information content (AvgIpc) is 2.51. The van der Waals surface area contributed by atoms with Crippen LogP contribution >= 0.6 is 15.9 Å². The second-order valence-corrected chi connectivity index (χ2v) is 6.54. The zero-order chi connectivity index (χ0) is 17.4. The van der Waals surface area contributed by atoms with Crippen LogP contribution in [-0.4, -0.2) is 36.0 Å². The summed E-state index contributed by atoms with van der Waals surface area (Å²) in [7, 11) is 0. The first-order valence-electron chi connectivity index (χ1n) is 7.58. The van der Waals surface area contributed by atoms with Crippen molar-refractivity contribution in [2.45, 2.75) is 40.2 Å². The molecule has 5 nitrogen and oxygen atoms in total. The molecule has 1 amide bonds. The number of hydrogen-bond acceptors (Lipinski definition) is 4. The fourth-order valence-electron chi connectivity index (χ4n) is 2.81. The Morgan fingerprint density at radius 1 is 1.35 bits per heavy atom. The van der Waals surface area contributed by atoms with Gasteiger partial charge in [0.2, 0.25) is 11.5 Å². The number of ether oxygens (including phenoxy) is 2. The standard InChI is InChI=1S/C17H22BrNO4/c1-6-22-16(21)17(5)9-19(13(20)8-18)14-11(3)7-10(2)12(4)15(14)23-17/h7H,6,8-9H2,1-5H3. The van der Waals surface area contributed by atoms with E-state index >= 15 is 0 Å². The van der Waals surface area contributed by atoms with E-state index in [4.69, 9.17) is 9.47 Å². The summed E-state index contributed by atoms with van der Waals surface area (Å²) in [5.74, 6) is 0.00612. The van der Waals surface area contributed by atoms with E-state index in [0.29, 0.717) is 5.75 Å². The molecular weight excluding hydrogens is 362 g/mol. The quantitative estimate of drug-likeness (QED) is 0.594. The lowest BCUT2D eigenvalue weighted by molar-refractivity contribution is -0.160. The van der Waals surface area contributed by atoms with Crippen LogP contribution in [0, 0.1) is 20.8 Å². The van der Waals surface area contributed by atoms with E-state index < -0.39 is 11.6 Å². The van der Waals surface area contributed by atoms with E-state index in [2.05, 4.69) is 15.9 Å². The number of benzene rings is 1. The largest absolute Gasteiger partial charge is 0.471 e. The van der Waals surface area contributed by atoms with Crippen molar-refractivity contribution in [3.63, 3.8) is 0 Å². The molecule has 0 radical (unpaired) electrons. The van der Waals surface area contributed by atoms with Crippen LogP contribution in [0.3, 0.4) is 0 Å². The maximum absolute atomic E-state index is 12.4. The van der Waals surface area contributed by atoms with Crippen molar-refractivity contribution < 1.29 is 19.1 Å². The minimum absolute atomic E-state index is 0.114. The maximum Gasteiger partial charge on any atom is 0.352 e. The third kappa shape index (κ3) is 3.09. The molecule has 0 bridgehead atoms. The van der Waals surface area contributed by atoms with Crippen molar-refractivity contribution >= 4 is 33.5 Å². The van der Waals surface area contributed by atoms with Crippen LogP contribution in [0.25, 0.3) is 0 Å². The highest BCUT2D eigenvalue weighted by Gasteiger charge is 2.46. The fraction of sp³-hybridized carbons (Fsp3) is 0.529. The SMILES string of the molecule is CCOC(=O)C1(C)CN(C(=O)CBr)c2c(C)cc(C)c(C)c2O1. The lowest BCUT2D eigenvalue weighted by Crippen LogP contribution is -2.57. The fourth-order valence-corrected chi connectivity index (χ4v) is 3.11. The summed E-state index contributed by atoms with van der Waals surface area (Å²) >= 11 is 3.22. The summed E-state index contributed by atoms with van der Waals surface area (Å²) < 4.78 is 11.2. The van der Waals surface area contributed by atoms with Crippen molar-refractivity contribution in [1.29, 1.82) is 0 Å². The van der Waals surface area contributed by atoms with Gasteiger partial charge < -0.3 is 14.4 Å². The number of amides is 1. The van der Waals surface area contributed by atoms with E-state index in [1.807, 2.05) is 26.8 Å². The van der Waals surface area contributed by atoms with Gasteiger partial charge in [-0.2, -0.15) is 0 Å². The number of rotatable bonds is 3. The van der Waals surface area contributed by atoms with E-state index in [9.17, 15) is 9.59 Å². The lowest BCUT2D eigenvalue weighted by atomic mass is 9.96. The Labute approximate surface area is 145 Å². The summed E-state index contributed by atoms with van der Waals surface area (Å²) in [6.45, 7) is 9.67. The van der Waals surface area contributed by atoms with Crippen LogP contribution in [0.15, 0.2) is 6.07 Å². The first kappa shape index (κ1) is 17.8. The number of halogens is 1. The number of carbonyl (C=O) groups excluding carboxylic acids is 2. The predicted octanol–water partition coefficient (Wildman–Crippen LogP) is 3.05. The molecule has 1 aromatic rings. The number of carbonyl (C=O) groups is 2. The van der Waals surface area contributed by atoms with Gasteiger partial charge >= 0.3 is 5.97 Å². The number of nitrogens with zero attached hydrogens (tertiary/aromatic N) is 1. The van der Waals surface area contributed by atoms with Gasteiger partial charge in [0.05, 0.1) is 24.2 Å². The van der Waals surface area contributed by atoms with Crippen molar-refractivity contribution in [2.75, 3.05) is 23.4 Å². The van der Waals surface area contributed by atoms with Gasteiger partial charge in [0, 0.05) is 0 Å². The van der Waals surface area contributed by atoms with Crippen LogP contribution in [0.4, 0.5) is 5.69 Å². The second-order valence-electron chi connectivity index (χ2n) is 5.98. The van der Waals surface area contributed by atoms with Crippen molar-refractivity contribution in [2.24, 2.45) is 0 Å². The van der Waals surface area contributed by atoms with Crippen molar-refractivity contribution in [3.8, 4) is 5.75 Å². The molecule has 1 atom stereocenters.